The molecule has 1 atom stereocenters. The topological polar surface area (TPSA) is 29.4 Å². The van der Waals surface area contributed by atoms with Crippen LogP contribution in [-0.2, 0) is 11.0 Å². The molecule has 0 saturated heterocycles. The molecule has 2 nitrogen and oxygen atoms in total. The summed E-state index contributed by atoms with van der Waals surface area (Å²) in [4.78, 5) is 0. The maximum Gasteiger partial charge on any atom is 0.159 e. The Kier molecular flexibility index (Phi) is 3.91. The molecule has 0 unspecified atom stereocenters. The van der Waals surface area contributed by atoms with Gasteiger partial charge in [-0.05, 0) is 38.5 Å². The second kappa shape index (κ2) is 4.82. The van der Waals surface area contributed by atoms with Crippen molar-refractivity contribution in [2.24, 2.45) is 4.40 Å². The molecule has 0 bridgehead atoms. The first-order valence-electron chi connectivity index (χ1n) is 4.72. The van der Waals surface area contributed by atoms with Gasteiger partial charge in [0.15, 0.2) is 11.6 Å². The normalized spacial score (nSPS) is 14.3. The van der Waals surface area contributed by atoms with E-state index in [1.807, 2.05) is 0 Å². The molecular formula is C11H13F2NOS. The molecule has 0 heterocycles. The fraction of sp³-hybridized carbons (Fsp3) is 0.364. The summed E-state index contributed by atoms with van der Waals surface area (Å²) in [5, 5.41) is 0. The van der Waals surface area contributed by atoms with Gasteiger partial charge in [0.1, 0.15) is 11.0 Å². The number of halogens is 2. The summed E-state index contributed by atoms with van der Waals surface area (Å²) in [7, 11) is -1.40. The Morgan fingerprint density at radius 1 is 1.25 bits per heavy atom. The third-order valence-corrected chi connectivity index (χ3v) is 3.11. The molecule has 0 saturated carbocycles. The highest BCUT2D eigenvalue weighted by molar-refractivity contribution is 7.85. The van der Waals surface area contributed by atoms with E-state index in [-0.39, 0.29) is 0 Å². The first kappa shape index (κ1) is 13.0. The van der Waals surface area contributed by atoms with Gasteiger partial charge in [-0.25, -0.2) is 13.0 Å². The molecule has 0 aliphatic rings. The summed E-state index contributed by atoms with van der Waals surface area (Å²) in [5.74, 6) is -1.85. The molecular weight excluding hydrogens is 232 g/mol. The van der Waals surface area contributed by atoms with Crippen LogP contribution < -0.4 is 0 Å². The molecule has 0 spiro atoms. The lowest BCUT2D eigenvalue weighted by Crippen LogP contribution is -2.19. The molecule has 0 amide bonds. The minimum absolute atomic E-state index is 0.386. The van der Waals surface area contributed by atoms with Gasteiger partial charge >= 0.3 is 0 Å². The molecule has 1 rings (SSSR count). The summed E-state index contributed by atoms with van der Waals surface area (Å²) >= 11 is 0. The molecule has 16 heavy (non-hydrogen) atoms. The van der Waals surface area contributed by atoms with E-state index < -0.39 is 27.4 Å². The van der Waals surface area contributed by atoms with Crippen LogP contribution in [0, 0.1) is 11.6 Å². The molecule has 0 radical (unpaired) electrons. The quantitative estimate of drug-likeness (QED) is 0.737. The summed E-state index contributed by atoms with van der Waals surface area (Å²) in [6, 6.07) is 3.40. The average molecular weight is 245 g/mol. The predicted molar refractivity (Wildman–Crippen MR) is 61.8 cm³/mol. The summed E-state index contributed by atoms with van der Waals surface area (Å²) in [6.07, 6.45) is 1.28. The molecule has 0 aromatic heterocycles. The lowest BCUT2D eigenvalue weighted by molar-refractivity contribution is 0.508. The molecule has 88 valence electrons. The van der Waals surface area contributed by atoms with E-state index >= 15 is 0 Å². The van der Waals surface area contributed by atoms with E-state index in [1.54, 1.807) is 20.8 Å². The standard InChI is InChI=1S/C11H13F2NOS/c1-11(2,3)16(15)14-7-8-4-5-9(12)10(13)6-8/h4-7H,1-3H3/b14-7+/t16-/m1/s1. The molecule has 0 aliphatic carbocycles. The Bertz CT molecular complexity index is 438. The maximum absolute atomic E-state index is 12.8. The van der Waals surface area contributed by atoms with Crippen LogP contribution in [0.3, 0.4) is 0 Å². The van der Waals surface area contributed by atoms with Gasteiger partial charge in [-0.1, -0.05) is 6.07 Å². The van der Waals surface area contributed by atoms with Crippen molar-refractivity contribution in [1.29, 1.82) is 0 Å². The van der Waals surface area contributed by atoms with Crippen molar-refractivity contribution >= 4 is 17.2 Å². The lowest BCUT2D eigenvalue weighted by atomic mass is 10.2. The number of benzene rings is 1. The van der Waals surface area contributed by atoms with Crippen LogP contribution in [0.25, 0.3) is 0 Å². The van der Waals surface area contributed by atoms with Crippen LogP contribution in [0.2, 0.25) is 0 Å². The third kappa shape index (κ3) is 3.48. The molecule has 5 heteroatoms. The van der Waals surface area contributed by atoms with E-state index in [0.717, 1.165) is 12.1 Å². The summed E-state index contributed by atoms with van der Waals surface area (Å²) in [5.41, 5.74) is 0.386. The predicted octanol–water partition coefficient (Wildman–Crippen LogP) is 2.85. The second-order valence-corrected chi connectivity index (χ2v) is 6.20. The van der Waals surface area contributed by atoms with Gasteiger partial charge in [0.2, 0.25) is 0 Å². The van der Waals surface area contributed by atoms with Crippen molar-refractivity contribution in [2.45, 2.75) is 25.5 Å². The highest BCUT2D eigenvalue weighted by Crippen LogP contribution is 2.12. The molecule has 1 aromatic carbocycles. The van der Waals surface area contributed by atoms with Gasteiger partial charge < -0.3 is 0 Å². The minimum Gasteiger partial charge on any atom is -0.234 e. The fourth-order valence-electron chi connectivity index (χ4n) is 0.860. The Morgan fingerprint density at radius 2 is 1.88 bits per heavy atom. The average Bonchev–Trinajstić information content (AvgIpc) is 2.18. The van der Waals surface area contributed by atoms with E-state index in [9.17, 15) is 13.0 Å². The van der Waals surface area contributed by atoms with Gasteiger partial charge in [0.05, 0.1) is 4.75 Å². The zero-order valence-corrected chi connectivity index (χ0v) is 10.1. The van der Waals surface area contributed by atoms with Crippen molar-refractivity contribution in [3.05, 3.63) is 35.4 Å². The maximum atomic E-state index is 12.8. The van der Waals surface area contributed by atoms with Crippen LogP contribution in [0.4, 0.5) is 8.78 Å². The largest absolute Gasteiger partial charge is 0.234 e. The zero-order chi connectivity index (χ0) is 12.3. The van der Waals surface area contributed by atoms with Crippen molar-refractivity contribution in [2.75, 3.05) is 0 Å². The van der Waals surface area contributed by atoms with E-state index in [1.165, 1.54) is 12.3 Å². The van der Waals surface area contributed by atoms with E-state index in [0.29, 0.717) is 5.56 Å². The Labute approximate surface area is 96.0 Å². The minimum atomic E-state index is -1.40. The smallest absolute Gasteiger partial charge is 0.159 e. The van der Waals surface area contributed by atoms with Crippen LogP contribution in [0.15, 0.2) is 22.6 Å². The van der Waals surface area contributed by atoms with Crippen LogP contribution >= 0.6 is 0 Å². The molecule has 0 N–H and O–H groups in total. The number of hydrogen-bond acceptors (Lipinski definition) is 1. The van der Waals surface area contributed by atoms with Crippen LogP contribution in [0.1, 0.15) is 26.3 Å². The first-order chi connectivity index (χ1) is 7.30. The monoisotopic (exact) mass is 245 g/mol. The fourth-order valence-corrected chi connectivity index (χ4v) is 1.39. The first-order valence-corrected chi connectivity index (χ1v) is 5.82. The van der Waals surface area contributed by atoms with Crippen molar-refractivity contribution in [1.82, 2.24) is 0 Å². The number of hydrogen-bond donors (Lipinski definition) is 0. The Hall–Kier alpha value is -1.10. The molecule has 0 fully saturated rings. The van der Waals surface area contributed by atoms with Crippen molar-refractivity contribution in [3.63, 3.8) is 0 Å². The van der Waals surface area contributed by atoms with Crippen molar-refractivity contribution in [3.8, 4) is 0 Å². The molecule has 1 aromatic rings. The molecule has 0 aliphatic heterocycles. The summed E-state index contributed by atoms with van der Waals surface area (Å²) < 4.78 is 40.3. The second-order valence-electron chi connectivity index (χ2n) is 4.27. The van der Waals surface area contributed by atoms with Gasteiger partial charge in [0.25, 0.3) is 0 Å². The van der Waals surface area contributed by atoms with Gasteiger partial charge in [-0.3, -0.25) is 0 Å². The van der Waals surface area contributed by atoms with Gasteiger partial charge in [-0.15, -0.1) is 0 Å². The lowest BCUT2D eigenvalue weighted by Gasteiger charge is -2.12. The third-order valence-electron chi connectivity index (χ3n) is 1.77. The number of nitrogens with zero attached hydrogens (tertiary/aromatic N) is 1. The number of rotatable bonds is 2. The SMILES string of the molecule is CC(C)(C)[S@@](=O)/N=C/c1ccc(F)c(F)c1. The highest BCUT2D eigenvalue weighted by atomic mass is 32.2. The van der Waals surface area contributed by atoms with E-state index in [4.69, 9.17) is 0 Å². The van der Waals surface area contributed by atoms with E-state index in [2.05, 4.69) is 4.40 Å². The highest BCUT2D eigenvalue weighted by Gasteiger charge is 2.18. The van der Waals surface area contributed by atoms with Gasteiger partial charge in [0, 0.05) is 6.21 Å². The Morgan fingerprint density at radius 3 is 2.38 bits per heavy atom. The van der Waals surface area contributed by atoms with Crippen LogP contribution in [0.5, 0.6) is 0 Å². The van der Waals surface area contributed by atoms with Crippen LogP contribution in [-0.4, -0.2) is 15.2 Å². The summed E-state index contributed by atoms with van der Waals surface area (Å²) in [6.45, 7) is 5.35. The zero-order valence-electron chi connectivity index (χ0n) is 9.33. The van der Waals surface area contributed by atoms with Gasteiger partial charge in [-0.2, -0.15) is 4.40 Å². The van der Waals surface area contributed by atoms with Crippen molar-refractivity contribution < 1.29 is 13.0 Å². The Balaban J connectivity index is 2.85.